The van der Waals surface area contributed by atoms with Crippen LogP contribution in [-0.4, -0.2) is 20.8 Å². The lowest BCUT2D eigenvalue weighted by molar-refractivity contribution is 0.0801. The van der Waals surface area contributed by atoms with Gasteiger partial charge in [0.25, 0.3) is 0 Å². The van der Waals surface area contributed by atoms with Crippen molar-refractivity contribution in [3.05, 3.63) is 30.0 Å². The molecule has 15 heavy (non-hydrogen) atoms. The number of phenols is 1. The summed E-state index contributed by atoms with van der Waals surface area (Å²) in [6.45, 7) is 3.55. The minimum Gasteiger partial charge on any atom is -0.508 e. The van der Waals surface area contributed by atoms with E-state index in [1.807, 2.05) is 12.1 Å². The second-order valence-corrected chi connectivity index (χ2v) is 4.56. The van der Waals surface area contributed by atoms with E-state index >= 15 is 0 Å². The van der Waals surface area contributed by atoms with Crippen molar-refractivity contribution in [3.63, 3.8) is 0 Å². The summed E-state index contributed by atoms with van der Waals surface area (Å²) in [5, 5.41) is 20.0. The van der Waals surface area contributed by atoms with Gasteiger partial charge in [0.05, 0.1) is 5.60 Å². The molecule has 1 heterocycles. The lowest BCUT2D eigenvalue weighted by Gasteiger charge is -2.15. The molecular formula is C12H15NO2. The quantitative estimate of drug-likeness (QED) is 0.703. The van der Waals surface area contributed by atoms with E-state index in [0.717, 1.165) is 16.6 Å². The fourth-order valence-corrected chi connectivity index (χ4v) is 1.74. The third-order valence-electron chi connectivity index (χ3n) is 2.28. The van der Waals surface area contributed by atoms with Crippen LogP contribution in [0.5, 0.6) is 5.75 Å². The number of rotatable bonds is 2. The monoisotopic (exact) mass is 205 g/mol. The number of phenolic OH excluding ortho intramolecular Hbond substituents is 1. The maximum absolute atomic E-state index is 9.68. The average molecular weight is 205 g/mol. The number of aliphatic hydroxyl groups is 1. The Morgan fingerprint density at radius 1 is 1.27 bits per heavy atom. The molecule has 3 heteroatoms. The zero-order valence-corrected chi connectivity index (χ0v) is 8.91. The van der Waals surface area contributed by atoms with Crippen LogP contribution in [-0.2, 0) is 6.42 Å². The van der Waals surface area contributed by atoms with Crippen LogP contribution in [0.4, 0.5) is 0 Å². The van der Waals surface area contributed by atoms with Crippen molar-refractivity contribution < 1.29 is 10.2 Å². The van der Waals surface area contributed by atoms with E-state index in [4.69, 9.17) is 0 Å². The van der Waals surface area contributed by atoms with Crippen LogP contribution in [0.15, 0.2) is 24.3 Å². The van der Waals surface area contributed by atoms with Gasteiger partial charge in [0.2, 0.25) is 0 Å². The normalized spacial score (nSPS) is 12.2. The fraction of sp³-hybridized carbons (Fsp3) is 0.333. The van der Waals surface area contributed by atoms with Gasteiger partial charge in [-0.2, -0.15) is 0 Å². The van der Waals surface area contributed by atoms with Gasteiger partial charge in [-0.3, -0.25) is 0 Å². The van der Waals surface area contributed by atoms with Gasteiger partial charge in [-0.05, 0) is 37.4 Å². The molecule has 0 unspecified atom stereocenters. The molecule has 0 aliphatic rings. The first-order valence-corrected chi connectivity index (χ1v) is 4.97. The molecule has 1 aromatic heterocycles. The van der Waals surface area contributed by atoms with Gasteiger partial charge in [-0.15, -0.1) is 0 Å². The van der Waals surface area contributed by atoms with E-state index < -0.39 is 5.60 Å². The Hall–Kier alpha value is -1.48. The fourth-order valence-electron chi connectivity index (χ4n) is 1.74. The minimum atomic E-state index is -0.719. The smallest absolute Gasteiger partial charge is 0.117 e. The maximum Gasteiger partial charge on any atom is 0.117 e. The van der Waals surface area contributed by atoms with Crippen LogP contribution >= 0.6 is 0 Å². The molecule has 0 saturated heterocycles. The summed E-state index contributed by atoms with van der Waals surface area (Å²) in [5.41, 5.74) is 1.15. The van der Waals surface area contributed by atoms with E-state index in [1.54, 1.807) is 26.0 Å². The number of hydrogen-bond acceptors (Lipinski definition) is 2. The first-order chi connectivity index (χ1) is 6.94. The van der Waals surface area contributed by atoms with Crippen LogP contribution in [0, 0.1) is 0 Å². The van der Waals surface area contributed by atoms with E-state index in [2.05, 4.69) is 4.98 Å². The zero-order valence-electron chi connectivity index (χ0n) is 8.91. The van der Waals surface area contributed by atoms with Gasteiger partial charge in [0.1, 0.15) is 5.75 Å². The molecule has 1 aromatic carbocycles. The number of aromatic nitrogens is 1. The van der Waals surface area contributed by atoms with E-state index in [1.165, 1.54) is 0 Å². The Kier molecular flexibility index (Phi) is 2.20. The van der Waals surface area contributed by atoms with Crippen molar-refractivity contribution in [3.8, 4) is 5.75 Å². The summed E-state index contributed by atoms with van der Waals surface area (Å²) in [5.74, 6) is 0.249. The Morgan fingerprint density at radius 2 is 2.00 bits per heavy atom. The summed E-state index contributed by atoms with van der Waals surface area (Å²) < 4.78 is 0. The SMILES string of the molecule is CC(C)(O)Cc1cc2ccc(O)cc2[nH]1. The highest BCUT2D eigenvalue weighted by Crippen LogP contribution is 2.22. The van der Waals surface area contributed by atoms with Gasteiger partial charge >= 0.3 is 0 Å². The Balaban J connectivity index is 2.39. The summed E-state index contributed by atoms with van der Waals surface area (Å²) in [4.78, 5) is 3.17. The van der Waals surface area contributed by atoms with Crippen LogP contribution in [0.2, 0.25) is 0 Å². The van der Waals surface area contributed by atoms with Crippen LogP contribution in [0.1, 0.15) is 19.5 Å². The predicted molar refractivity (Wildman–Crippen MR) is 60.0 cm³/mol. The molecule has 0 aliphatic heterocycles. The topological polar surface area (TPSA) is 56.2 Å². The van der Waals surface area contributed by atoms with Gasteiger partial charge in [0.15, 0.2) is 0 Å². The molecule has 0 fully saturated rings. The summed E-state index contributed by atoms with van der Waals surface area (Å²) in [6, 6.07) is 7.19. The molecule has 0 saturated carbocycles. The lowest BCUT2D eigenvalue weighted by Crippen LogP contribution is -2.21. The Bertz CT molecular complexity index is 480. The van der Waals surface area contributed by atoms with Crippen molar-refractivity contribution >= 4 is 10.9 Å². The van der Waals surface area contributed by atoms with E-state index in [9.17, 15) is 10.2 Å². The third kappa shape index (κ3) is 2.30. The minimum absolute atomic E-state index is 0.249. The molecule has 0 atom stereocenters. The number of nitrogens with one attached hydrogen (secondary N) is 1. The van der Waals surface area contributed by atoms with Crippen LogP contribution < -0.4 is 0 Å². The highest BCUT2D eigenvalue weighted by molar-refractivity contribution is 5.81. The predicted octanol–water partition coefficient (Wildman–Crippen LogP) is 2.19. The zero-order chi connectivity index (χ0) is 11.1. The average Bonchev–Trinajstić information content (AvgIpc) is 2.42. The second-order valence-electron chi connectivity index (χ2n) is 4.56. The number of fused-ring (bicyclic) bond motifs is 1. The number of aromatic amines is 1. The molecule has 0 radical (unpaired) electrons. The first kappa shape index (κ1) is 10.1. The second kappa shape index (κ2) is 3.28. The number of benzene rings is 1. The molecule has 80 valence electrons. The molecule has 0 spiro atoms. The molecule has 2 rings (SSSR count). The third-order valence-corrected chi connectivity index (χ3v) is 2.28. The molecule has 0 aliphatic carbocycles. The summed E-state index contributed by atoms with van der Waals surface area (Å²) >= 11 is 0. The van der Waals surface area contributed by atoms with Gasteiger partial charge < -0.3 is 15.2 Å². The molecule has 2 aromatic rings. The molecule has 0 amide bonds. The van der Waals surface area contributed by atoms with Gasteiger partial charge in [-0.25, -0.2) is 0 Å². The molecule has 3 N–H and O–H groups in total. The van der Waals surface area contributed by atoms with Crippen LogP contribution in [0.3, 0.4) is 0 Å². The lowest BCUT2D eigenvalue weighted by atomic mass is 10.0. The summed E-state index contributed by atoms with van der Waals surface area (Å²) in [7, 11) is 0. The maximum atomic E-state index is 9.68. The summed E-state index contributed by atoms with van der Waals surface area (Å²) in [6.07, 6.45) is 0.572. The number of H-pyrrole nitrogens is 1. The standard InChI is InChI=1S/C12H15NO2/c1-12(2,15)7-9-5-8-3-4-10(14)6-11(8)13-9/h3-6,13-15H,7H2,1-2H3. The first-order valence-electron chi connectivity index (χ1n) is 4.97. The van der Waals surface area contributed by atoms with Crippen molar-refractivity contribution in [1.82, 2.24) is 4.98 Å². The van der Waals surface area contributed by atoms with Crippen LogP contribution in [0.25, 0.3) is 10.9 Å². The Labute approximate surface area is 88.4 Å². The van der Waals surface area contributed by atoms with E-state index in [0.29, 0.717) is 6.42 Å². The van der Waals surface area contributed by atoms with Crippen molar-refractivity contribution in [2.75, 3.05) is 0 Å². The van der Waals surface area contributed by atoms with Crippen molar-refractivity contribution in [1.29, 1.82) is 0 Å². The largest absolute Gasteiger partial charge is 0.508 e. The van der Waals surface area contributed by atoms with Gasteiger partial charge in [-0.1, -0.05) is 0 Å². The number of aromatic hydroxyl groups is 1. The molecular weight excluding hydrogens is 190 g/mol. The highest BCUT2D eigenvalue weighted by atomic mass is 16.3. The highest BCUT2D eigenvalue weighted by Gasteiger charge is 2.14. The molecule has 3 nitrogen and oxygen atoms in total. The van der Waals surface area contributed by atoms with E-state index in [-0.39, 0.29) is 5.75 Å². The van der Waals surface area contributed by atoms with Crippen molar-refractivity contribution in [2.45, 2.75) is 25.9 Å². The Morgan fingerprint density at radius 3 is 2.67 bits per heavy atom. The van der Waals surface area contributed by atoms with Crippen molar-refractivity contribution in [2.24, 2.45) is 0 Å². The van der Waals surface area contributed by atoms with Gasteiger partial charge in [0, 0.05) is 23.7 Å². The molecule has 0 bridgehead atoms. The number of hydrogen-bond donors (Lipinski definition) is 3.